The van der Waals surface area contributed by atoms with Crippen LogP contribution in [0.4, 0.5) is 0 Å². The van der Waals surface area contributed by atoms with Gasteiger partial charge in [0.15, 0.2) is 11.0 Å². The van der Waals surface area contributed by atoms with E-state index in [1.807, 2.05) is 0 Å². The first-order chi connectivity index (χ1) is 10.1. The molecule has 0 aromatic carbocycles. The Bertz CT molecular complexity index is 495. The first-order valence-corrected chi connectivity index (χ1v) is 7.21. The third-order valence-electron chi connectivity index (χ3n) is 3.33. The number of esters is 1. The molecule has 1 saturated heterocycles. The predicted octanol–water partition coefficient (Wildman–Crippen LogP) is 2.12. The fraction of sp³-hybridized carbons (Fsp3) is 0.571. The van der Waals surface area contributed by atoms with Crippen molar-refractivity contribution in [3.05, 3.63) is 23.1 Å². The van der Waals surface area contributed by atoms with E-state index < -0.39 is 0 Å². The van der Waals surface area contributed by atoms with Crippen LogP contribution in [-0.2, 0) is 14.3 Å². The molecule has 0 aliphatic carbocycles. The normalized spacial score (nSPS) is 17.7. The van der Waals surface area contributed by atoms with Crippen molar-refractivity contribution in [1.82, 2.24) is 4.90 Å². The molecule has 1 aliphatic rings. The highest BCUT2D eigenvalue weighted by atomic mass is 35.5. The van der Waals surface area contributed by atoms with Crippen LogP contribution >= 0.6 is 11.6 Å². The second-order valence-corrected chi connectivity index (χ2v) is 5.19. The Morgan fingerprint density at radius 1 is 1.48 bits per heavy atom. The molecule has 1 aliphatic heterocycles. The monoisotopic (exact) mass is 315 g/mol. The Morgan fingerprint density at radius 2 is 2.29 bits per heavy atom. The Labute approximate surface area is 127 Å². The van der Waals surface area contributed by atoms with E-state index in [1.165, 1.54) is 19.2 Å². The molecule has 1 aromatic rings. The number of hydrogen-bond donors (Lipinski definition) is 0. The van der Waals surface area contributed by atoms with Gasteiger partial charge in [-0.15, -0.1) is 0 Å². The highest BCUT2D eigenvalue weighted by Crippen LogP contribution is 2.18. The van der Waals surface area contributed by atoms with Crippen LogP contribution in [0.25, 0.3) is 0 Å². The molecule has 0 N–H and O–H groups in total. The van der Waals surface area contributed by atoms with Crippen molar-refractivity contribution in [3.8, 4) is 0 Å². The van der Waals surface area contributed by atoms with Gasteiger partial charge in [0.2, 0.25) is 0 Å². The fourth-order valence-corrected chi connectivity index (χ4v) is 2.37. The van der Waals surface area contributed by atoms with Crippen LogP contribution in [0.2, 0.25) is 5.22 Å². The van der Waals surface area contributed by atoms with E-state index in [4.69, 9.17) is 20.8 Å². The van der Waals surface area contributed by atoms with E-state index in [1.54, 1.807) is 4.90 Å². The lowest BCUT2D eigenvalue weighted by Gasteiger charge is -2.24. The summed E-state index contributed by atoms with van der Waals surface area (Å²) in [5.74, 6) is -0.512. The van der Waals surface area contributed by atoms with Gasteiger partial charge in [-0.05, 0) is 36.6 Å². The minimum Gasteiger partial charge on any atom is -0.469 e. The van der Waals surface area contributed by atoms with Crippen LogP contribution in [0.15, 0.2) is 16.5 Å². The van der Waals surface area contributed by atoms with Crippen LogP contribution in [-0.4, -0.2) is 49.7 Å². The molecular formula is C14H18ClNO5. The molecule has 1 unspecified atom stereocenters. The van der Waals surface area contributed by atoms with Crippen molar-refractivity contribution in [2.75, 3.05) is 26.8 Å². The summed E-state index contributed by atoms with van der Waals surface area (Å²) >= 11 is 5.69. The van der Waals surface area contributed by atoms with Crippen molar-refractivity contribution in [2.24, 2.45) is 0 Å². The third kappa shape index (κ3) is 4.47. The van der Waals surface area contributed by atoms with E-state index in [-0.39, 0.29) is 41.9 Å². The smallest absolute Gasteiger partial charge is 0.307 e. The molecule has 0 radical (unpaired) electrons. The lowest BCUT2D eigenvalue weighted by atomic mass is 10.2. The average Bonchev–Trinajstić information content (AvgIpc) is 3.13. The molecule has 6 nitrogen and oxygen atoms in total. The standard InChI is InChI=1S/C14H18ClNO5/c1-19-13(17)6-7-16(9-10-3-2-8-20-10)14(18)11-4-5-12(15)21-11/h4-5,10H,2-3,6-9H2,1H3. The molecule has 1 fully saturated rings. The van der Waals surface area contributed by atoms with Gasteiger partial charge in [0, 0.05) is 19.7 Å². The summed E-state index contributed by atoms with van der Waals surface area (Å²) in [6.07, 6.45) is 2.01. The number of carbonyl (C=O) groups excluding carboxylic acids is 2. The highest BCUT2D eigenvalue weighted by Gasteiger charge is 2.25. The number of carbonyl (C=O) groups is 2. The summed E-state index contributed by atoms with van der Waals surface area (Å²) in [5, 5.41) is 0.156. The third-order valence-corrected chi connectivity index (χ3v) is 3.54. The molecule has 7 heteroatoms. The van der Waals surface area contributed by atoms with Crippen LogP contribution in [0.1, 0.15) is 29.8 Å². The zero-order valence-electron chi connectivity index (χ0n) is 11.8. The zero-order valence-corrected chi connectivity index (χ0v) is 12.6. The summed E-state index contributed by atoms with van der Waals surface area (Å²) in [5.41, 5.74) is 0. The number of ether oxygens (including phenoxy) is 2. The van der Waals surface area contributed by atoms with Crippen LogP contribution in [0, 0.1) is 0 Å². The predicted molar refractivity (Wildman–Crippen MR) is 75.2 cm³/mol. The molecule has 1 aromatic heterocycles. The number of methoxy groups -OCH3 is 1. The minimum atomic E-state index is -0.363. The molecule has 21 heavy (non-hydrogen) atoms. The summed E-state index contributed by atoms with van der Waals surface area (Å²) < 4.78 is 15.3. The van der Waals surface area contributed by atoms with Gasteiger partial charge in [0.25, 0.3) is 5.91 Å². The maximum absolute atomic E-state index is 12.4. The number of nitrogens with zero attached hydrogens (tertiary/aromatic N) is 1. The SMILES string of the molecule is COC(=O)CCN(CC1CCCO1)C(=O)c1ccc(Cl)o1. The van der Waals surface area contributed by atoms with Crippen molar-refractivity contribution in [3.63, 3.8) is 0 Å². The van der Waals surface area contributed by atoms with Gasteiger partial charge < -0.3 is 18.8 Å². The molecule has 0 spiro atoms. The summed E-state index contributed by atoms with van der Waals surface area (Å²) in [4.78, 5) is 25.2. The lowest BCUT2D eigenvalue weighted by molar-refractivity contribution is -0.140. The van der Waals surface area contributed by atoms with Crippen molar-refractivity contribution >= 4 is 23.5 Å². The Morgan fingerprint density at radius 3 is 2.86 bits per heavy atom. The van der Waals surface area contributed by atoms with Crippen molar-refractivity contribution in [1.29, 1.82) is 0 Å². The minimum absolute atomic E-state index is 0.00275. The van der Waals surface area contributed by atoms with Crippen LogP contribution in [0.5, 0.6) is 0 Å². The second-order valence-electron chi connectivity index (χ2n) is 4.82. The Balaban J connectivity index is 2.02. The second kappa shape index (κ2) is 7.47. The Hall–Kier alpha value is -1.53. The molecular weight excluding hydrogens is 298 g/mol. The van der Waals surface area contributed by atoms with E-state index >= 15 is 0 Å². The van der Waals surface area contributed by atoms with Gasteiger partial charge in [-0.3, -0.25) is 9.59 Å². The van der Waals surface area contributed by atoms with Gasteiger partial charge >= 0.3 is 5.97 Å². The average molecular weight is 316 g/mol. The summed E-state index contributed by atoms with van der Waals surface area (Å²) in [6, 6.07) is 3.03. The number of rotatable bonds is 6. The maximum atomic E-state index is 12.4. The van der Waals surface area contributed by atoms with Gasteiger partial charge in [-0.2, -0.15) is 0 Å². The molecule has 0 bridgehead atoms. The number of halogens is 1. The highest BCUT2D eigenvalue weighted by molar-refractivity contribution is 6.29. The molecule has 2 rings (SSSR count). The quantitative estimate of drug-likeness (QED) is 0.752. The largest absolute Gasteiger partial charge is 0.469 e. The van der Waals surface area contributed by atoms with E-state index in [2.05, 4.69) is 4.74 Å². The lowest BCUT2D eigenvalue weighted by Crippen LogP contribution is -2.38. The zero-order chi connectivity index (χ0) is 15.2. The van der Waals surface area contributed by atoms with Gasteiger partial charge in [-0.25, -0.2) is 0 Å². The van der Waals surface area contributed by atoms with Crippen LogP contribution < -0.4 is 0 Å². The molecule has 0 saturated carbocycles. The van der Waals surface area contributed by atoms with Gasteiger partial charge in [-0.1, -0.05) is 0 Å². The Kier molecular flexibility index (Phi) is 5.64. The van der Waals surface area contributed by atoms with Gasteiger partial charge in [0.05, 0.1) is 19.6 Å². The van der Waals surface area contributed by atoms with Crippen LogP contribution in [0.3, 0.4) is 0 Å². The van der Waals surface area contributed by atoms with E-state index in [0.717, 1.165) is 12.8 Å². The fourth-order valence-electron chi connectivity index (χ4n) is 2.22. The molecule has 116 valence electrons. The molecule has 2 heterocycles. The number of furan rings is 1. The summed E-state index contributed by atoms with van der Waals surface area (Å²) in [7, 11) is 1.32. The van der Waals surface area contributed by atoms with E-state index in [0.29, 0.717) is 13.2 Å². The molecule has 1 atom stereocenters. The number of amides is 1. The van der Waals surface area contributed by atoms with Crippen molar-refractivity contribution in [2.45, 2.75) is 25.4 Å². The molecule has 1 amide bonds. The first-order valence-electron chi connectivity index (χ1n) is 6.83. The maximum Gasteiger partial charge on any atom is 0.307 e. The van der Waals surface area contributed by atoms with Gasteiger partial charge in [0.1, 0.15) is 0 Å². The van der Waals surface area contributed by atoms with Crippen molar-refractivity contribution < 1.29 is 23.5 Å². The summed E-state index contributed by atoms with van der Waals surface area (Å²) in [6.45, 7) is 1.38. The van der Waals surface area contributed by atoms with E-state index in [9.17, 15) is 9.59 Å². The first kappa shape index (κ1) is 15.9. The number of hydrogen-bond acceptors (Lipinski definition) is 5. The topological polar surface area (TPSA) is 69.0 Å².